The average molecular weight is 314 g/mol. The molecule has 0 spiro atoms. The van der Waals surface area contributed by atoms with E-state index in [0.29, 0.717) is 30.1 Å². The van der Waals surface area contributed by atoms with E-state index in [1.54, 1.807) is 13.8 Å². The Balaban J connectivity index is 2.24. The number of nitrogens with one attached hydrogen (secondary N) is 1. The number of hydrogen-bond donors (Lipinski definition) is 1. The molecule has 0 bridgehead atoms. The molecule has 0 saturated carbocycles. The molecule has 1 saturated heterocycles. The predicted molar refractivity (Wildman–Crippen MR) is 81.3 cm³/mol. The highest BCUT2D eigenvalue weighted by Crippen LogP contribution is 2.28. The second kappa shape index (κ2) is 6.42. The first-order chi connectivity index (χ1) is 9.86. The molecule has 21 heavy (non-hydrogen) atoms. The summed E-state index contributed by atoms with van der Waals surface area (Å²) in [5, 5.41) is 3.14. The molecule has 1 aromatic carbocycles. The third-order valence-corrected chi connectivity index (χ3v) is 6.29. The predicted octanol–water partition coefficient (Wildman–Crippen LogP) is 2.06. The first-order valence-electron chi connectivity index (χ1n) is 7.27. The Bertz CT molecular complexity index is 585. The largest absolute Gasteiger partial charge is 0.319 e. The van der Waals surface area contributed by atoms with Gasteiger partial charge in [-0.3, -0.25) is 0 Å². The molecule has 1 aliphatic heterocycles. The zero-order chi connectivity index (χ0) is 15.6. The molecule has 0 unspecified atom stereocenters. The minimum absolute atomic E-state index is 0.260. The molecule has 1 fully saturated rings. The summed E-state index contributed by atoms with van der Waals surface area (Å²) in [5.41, 5.74) is 0.953. The zero-order valence-corrected chi connectivity index (χ0v) is 13.6. The zero-order valence-electron chi connectivity index (χ0n) is 12.8. The fraction of sp³-hybridized carbons (Fsp3) is 0.600. The Morgan fingerprint density at radius 1 is 1.24 bits per heavy atom. The van der Waals surface area contributed by atoms with Crippen LogP contribution in [0.3, 0.4) is 0 Å². The molecule has 0 atom stereocenters. The van der Waals surface area contributed by atoms with Crippen LogP contribution in [0.1, 0.15) is 24.0 Å². The summed E-state index contributed by atoms with van der Waals surface area (Å²) in [4.78, 5) is 0.260. The topological polar surface area (TPSA) is 49.4 Å². The van der Waals surface area contributed by atoms with Gasteiger partial charge in [0.05, 0.1) is 4.90 Å². The molecule has 0 amide bonds. The van der Waals surface area contributed by atoms with E-state index in [0.717, 1.165) is 19.4 Å². The van der Waals surface area contributed by atoms with Crippen molar-refractivity contribution in [2.24, 2.45) is 5.92 Å². The van der Waals surface area contributed by atoms with Crippen LogP contribution in [0.5, 0.6) is 0 Å². The molecule has 4 nitrogen and oxygen atoms in total. The monoisotopic (exact) mass is 314 g/mol. The highest BCUT2D eigenvalue weighted by molar-refractivity contribution is 7.89. The van der Waals surface area contributed by atoms with Gasteiger partial charge in [0, 0.05) is 13.1 Å². The van der Waals surface area contributed by atoms with Crippen LogP contribution < -0.4 is 5.32 Å². The van der Waals surface area contributed by atoms with E-state index in [9.17, 15) is 12.8 Å². The fourth-order valence-corrected chi connectivity index (χ4v) is 4.96. The Labute approximate surface area is 126 Å². The molecule has 1 aliphatic rings. The average Bonchev–Trinajstić information content (AvgIpc) is 2.38. The standard InChI is InChI=1S/C15H23FN2O2S/c1-11-8-14(16)9-12(2)15(11)21(19,20)18-6-4-13(5-7-18)10-17-3/h8-9,13,17H,4-7,10H2,1-3H3. The van der Waals surface area contributed by atoms with Gasteiger partial charge in [0.2, 0.25) is 10.0 Å². The summed E-state index contributed by atoms with van der Waals surface area (Å²) in [6.07, 6.45) is 1.72. The smallest absolute Gasteiger partial charge is 0.243 e. The number of nitrogens with zero attached hydrogens (tertiary/aromatic N) is 1. The maximum absolute atomic E-state index is 13.4. The van der Waals surface area contributed by atoms with Gasteiger partial charge in [0.1, 0.15) is 5.82 Å². The van der Waals surface area contributed by atoms with Gasteiger partial charge < -0.3 is 5.32 Å². The van der Waals surface area contributed by atoms with Crippen LogP contribution in [0.25, 0.3) is 0 Å². The summed E-state index contributed by atoms with van der Waals surface area (Å²) in [6.45, 7) is 5.28. The van der Waals surface area contributed by atoms with Gasteiger partial charge in [-0.1, -0.05) is 0 Å². The van der Waals surface area contributed by atoms with Gasteiger partial charge in [0.25, 0.3) is 0 Å². The van der Waals surface area contributed by atoms with E-state index < -0.39 is 15.8 Å². The lowest BCUT2D eigenvalue weighted by Crippen LogP contribution is -2.40. The minimum atomic E-state index is -3.53. The molecular weight excluding hydrogens is 291 g/mol. The number of rotatable bonds is 4. The van der Waals surface area contributed by atoms with E-state index in [1.807, 2.05) is 7.05 Å². The molecule has 2 rings (SSSR count). The Morgan fingerprint density at radius 3 is 2.24 bits per heavy atom. The second-order valence-electron chi connectivity index (χ2n) is 5.77. The van der Waals surface area contributed by atoms with Gasteiger partial charge in [-0.2, -0.15) is 4.31 Å². The van der Waals surface area contributed by atoms with Crippen LogP contribution in [0.4, 0.5) is 4.39 Å². The molecule has 0 aromatic heterocycles. The van der Waals surface area contributed by atoms with Crippen LogP contribution in [0.15, 0.2) is 17.0 Å². The van der Waals surface area contributed by atoms with Crippen LogP contribution >= 0.6 is 0 Å². The third kappa shape index (κ3) is 3.44. The van der Waals surface area contributed by atoms with Crippen molar-refractivity contribution >= 4 is 10.0 Å². The van der Waals surface area contributed by atoms with E-state index in [-0.39, 0.29) is 4.90 Å². The maximum atomic E-state index is 13.4. The number of sulfonamides is 1. The van der Waals surface area contributed by atoms with Gasteiger partial charge >= 0.3 is 0 Å². The number of benzene rings is 1. The van der Waals surface area contributed by atoms with Gasteiger partial charge in [-0.15, -0.1) is 0 Å². The van der Waals surface area contributed by atoms with Crippen molar-refractivity contribution in [3.8, 4) is 0 Å². The summed E-state index contributed by atoms with van der Waals surface area (Å²) in [6, 6.07) is 2.57. The van der Waals surface area contributed by atoms with Crippen LogP contribution in [0.2, 0.25) is 0 Å². The van der Waals surface area contributed by atoms with Crippen molar-refractivity contribution in [2.45, 2.75) is 31.6 Å². The Hall–Kier alpha value is -0.980. The van der Waals surface area contributed by atoms with Crippen molar-refractivity contribution in [1.29, 1.82) is 0 Å². The van der Waals surface area contributed by atoms with E-state index in [4.69, 9.17) is 0 Å². The molecular formula is C15H23FN2O2S. The molecule has 1 N–H and O–H groups in total. The van der Waals surface area contributed by atoms with Crippen molar-refractivity contribution in [2.75, 3.05) is 26.7 Å². The quantitative estimate of drug-likeness (QED) is 0.925. The third-order valence-electron chi connectivity index (χ3n) is 4.09. The minimum Gasteiger partial charge on any atom is -0.319 e. The van der Waals surface area contributed by atoms with Crippen LogP contribution in [-0.2, 0) is 10.0 Å². The lowest BCUT2D eigenvalue weighted by Gasteiger charge is -2.31. The highest BCUT2D eigenvalue weighted by atomic mass is 32.2. The molecule has 6 heteroatoms. The number of piperidine rings is 1. The van der Waals surface area contributed by atoms with E-state index in [1.165, 1.54) is 16.4 Å². The van der Waals surface area contributed by atoms with Gasteiger partial charge in [0.15, 0.2) is 0 Å². The SMILES string of the molecule is CNCC1CCN(S(=O)(=O)c2c(C)cc(F)cc2C)CC1. The normalized spacial score (nSPS) is 18.1. The number of halogens is 1. The summed E-state index contributed by atoms with van der Waals surface area (Å²) >= 11 is 0. The molecule has 118 valence electrons. The van der Waals surface area contributed by atoms with Crippen LogP contribution in [0, 0.1) is 25.6 Å². The number of hydrogen-bond acceptors (Lipinski definition) is 3. The van der Waals surface area contributed by atoms with Gasteiger partial charge in [-0.25, -0.2) is 12.8 Å². The first kappa shape index (κ1) is 16.4. The number of aryl methyl sites for hydroxylation is 2. The summed E-state index contributed by atoms with van der Waals surface area (Å²) < 4.78 is 40.5. The van der Waals surface area contributed by atoms with Crippen molar-refractivity contribution < 1.29 is 12.8 Å². The lowest BCUT2D eigenvalue weighted by atomic mass is 9.98. The molecule has 0 radical (unpaired) electrons. The summed E-state index contributed by atoms with van der Waals surface area (Å²) in [5.74, 6) is 0.133. The first-order valence-corrected chi connectivity index (χ1v) is 8.71. The molecule has 0 aliphatic carbocycles. The van der Waals surface area contributed by atoms with Crippen molar-refractivity contribution in [3.63, 3.8) is 0 Å². The van der Waals surface area contributed by atoms with E-state index in [2.05, 4.69) is 5.32 Å². The molecule has 1 heterocycles. The van der Waals surface area contributed by atoms with Crippen molar-refractivity contribution in [3.05, 3.63) is 29.1 Å². The Kier molecular flexibility index (Phi) is 5.01. The van der Waals surface area contributed by atoms with E-state index >= 15 is 0 Å². The second-order valence-corrected chi connectivity index (χ2v) is 7.65. The highest BCUT2D eigenvalue weighted by Gasteiger charge is 2.31. The lowest BCUT2D eigenvalue weighted by molar-refractivity contribution is 0.270. The molecule has 1 aromatic rings. The maximum Gasteiger partial charge on any atom is 0.243 e. The Morgan fingerprint density at radius 2 is 1.76 bits per heavy atom. The van der Waals surface area contributed by atoms with Crippen molar-refractivity contribution in [1.82, 2.24) is 9.62 Å². The van der Waals surface area contributed by atoms with Crippen LogP contribution in [-0.4, -0.2) is 39.4 Å². The van der Waals surface area contributed by atoms with Gasteiger partial charge in [-0.05, 0) is 69.5 Å². The summed E-state index contributed by atoms with van der Waals surface area (Å²) in [7, 11) is -1.62. The fourth-order valence-electron chi connectivity index (χ4n) is 3.08.